The van der Waals surface area contributed by atoms with Gasteiger partial charge in [-0.2, -0.15) is 26.3 Å². The Balaban J connectivity index is 0.000000191. The number of nitrogens with zero attached hydrogens (tertiary/aromatic N) is 4. The standard InChI is InChI=1S/C16H14F3N3O2S.C16H14F3N3OS/c1-10-13(20-7-6-14(10)24-9-16(17,18)19)8-25(23)15-21-11-4-2-3-5-12(11)22-15;1-10-13(20-7-6-14(10)23-9-16(17,18)19)8-24-15-21-11-4-2-3-5-12(11)22-15/h2-7H,8-9H2,1H3,(H,21,22);2-7H,8-9H2,1H3,(H,21,22). The summed E-state index contributed by atoms with van der Waals surface area (Å²) < 4.78 is 95.9. The zero-order chi connectivity index (χ0) is 35.2. The normalized spacial score (nSPS) is 12.5. The number of H-pyrrole nitrogens is 2. The number of aromatic nitrogens is 6. The number of imidazole rings is 2. The molecule has 2 aromatic carbocycles. The van der Waals surface area contributed by atoms with Crippen molar-refractivity contribution < 1.29 is 40.0 Å². The Labute approximate surface area is 282 Å². The maximum Gasteiger partial charge on any atom is 0.422 e. The zero-order valence-corrected chi connectivity index (χ0v) is 27.5. The Kier molecular flexibility index (Phi) is 11.1. The molecule has 0 aliphatic rings. The van der Waals surface area contributed by atoms with E-state index in [0.717, 1.165) is 21.7 Å². The van der Waals surface area contributed by atoms with Gasteiger partial charge in [-0.05, 0) is 50.2 Å². The van der Waals surface area contributed by atoms with Gasteiger partial charge >= 0.3 is 12.4 Å². The number of hydrogen-bond acceptors (Lipinski definition) is 8. The molecule has 6 rings (SSSR count). The molecule has 258 valence electrons. The number of ether oxygens (including phenoxy) is 2. The molecule has 0 amide bonds. The van der Waals surface area contributed by atoms with Crippen LogP contribution >= 0.6 is 11.8 Å². The molecular formula is C32H28F6N6O3S2. The molecule has 0 fully saturated rings. The largest absolute Gasteiger partial charge is 0.484 e. The molecule has 1 atom stereocenters. The first-order valence-electron chi connectivity index (χ1n) is 14.4. The van der Waals surface area contributed by atoms with E-state index in [-0.39, 0.29) is 17.3 Å². The minimum Gasteiger partial charge on any atom is -0.484 e. The average Bonchev–Trinajstić information content (AvgIpc) is 3.68. The first-order chi connectivity index (χ1) is 23.3. The summed E-state index contributed by atoms with van der Waals surface area (Å²) in [6.45, 7) is 0.592. The van der Waals surface area contributed by atoms with Gasteiger partial charge in [-0.1, -0.05) is 36.0 Å². The van der Waals surface area contributed by atoms with Gasteiger partial charge in [0.05, 0.1) is 50.0 Å². The predicted molar refractivity (Wildman–Crippen MR) is 173 cm³/mol. The van der Waals surface area contributed by atoms with Gasteiger partial charge in [0.2, 0.25) is 0 Å². The van der Waals surface area contributed by atoms with Crippen molar-refractivity contribution >= 4 is 44.6 Å². The molecule has 9 nitrogen and oxygen atoms in total. The van der Waals surface area contributed by atoms with Crippen LogP contribution < -0.4 is 9.47 Å². The van der Waals surface area contributed by atoms with Gasteiger partial charge in [0.15, 0.2) is 23.5 Å². The number of rotatable bonds is 10. The van der Waals surface area contributed by atoms with Crippen LogP contribution in [0, 0.1) is 13.8 Å². The summed E-state index contributed by atoms with van der Waals surface area (Å²) in [6.07, 6.45) is -6.00. The Morgan fingerprint density at radius 1 is 0.714 bits per heavy atom. The van der Waals surface area contributed by atoms with Crippen molar-refractivity contribution in [2.75, 3.05) is 13.2 Å². The Morgan fingerprint density at radius 2 is 1.22 bits per heavy atom. The lowest BCUT2D eigenvalue weighted by Crippen LogP contribution is -2.19. The Bertz CT molecular complexity index is 2000. The number of alkyl halides is 6. The summed E-state index contributed by atoms with van der Waals surface area (Å²) in [5.74, 6) is 0.774. The summed E-state index contributed by atoms with van der Waals surface area (Å²) in [4.78, 5) is 23.2. The van der Waals surface area contributed by atoms with Gasteiger partial charge in [-0.25, -0.2) is 9.97 Å². The lowest BCUT2D eigenvalue weighted by atomic mass is 10.2. The second kappa shape index (κ2) is 15.3. The van der Waals surface area contributed by atoms with Gasteiger partial charge in [0.25, 0.3) is 0 Å². The number of thioether (sulfide) groups is 1. The van der Waals surface area contributed by atoms with Crippen molar-refractivity contribution in [3.8, 4) is 11.5 Å². The molecule has 49 heavy (non-hydrogen) atoms. The van der Waals surface area contributed by atoms with E-state index in [9.17, 15) is 30.6 Å². The third-order valence-electron chi connectivity index (χ3n) is 6.86. The third kappa shape index (κ3) is 9.95. The molecule has 0 aliphatic heterocycles. The van der Waals surface area contributed by atoms with E-state index in [2.05, 4.69) is 29.9 Å². The zero-order valence-electron chi connectivity index (χ0n) is 25.9. The van der Waals surface area contributed by atoms with Crippen LogP contribution in [0.15, 0.2) is 83.4 Å². The Morgan fingerprint density at radius 3 is 1.78 bits per heavy atom. The summed E-state index contributed by atoms with van der Waals surface area (Å²) in [6, 6.07) is 17.7. The summed E-state index contributed by atoms with van der Waals surface area (Å²) >= 11 is 1.44. The van der Waals surface area contributed by atoms with Crippen LogP contribution in [0.25, 0.3) is 22.1 Å². The average molecular weight is 723 g/mol. The van der Waals surface area contributed by atoms with E-state index in [1.165, 1.54) is 36.3 Å². The van der Waals surface area contributed by atoms with Gasteiger partial charge in [0, 0.05) is 29.3 Å². The van der Waals surface area contributed by atoms with Crippen molar-refractivity contribution in [2.24, 2.45) is 0 Å². The first-order valence-corrected chi connectivity index (χ1v) is 16.7. The van der Waals surface area contributed by atoms with Crippen molar-refractivity contribution in [3.05, 3.63) is 95.6 Å². The number of pyridine rings is 2. The van der Waals surface area contributed by atoms with Crippen LogP contribution in [0.4, 0.5) is 26.3 Å². The molecular weight excluding hydrogens is 695 g/mol. The monoisotopic (exact) mass is 722 g/mol. The molecule has 0 radical (unpaired) electrons. The van der Waals surface area contributed by atoms with Gasteiger partial charge < -0.3 is 19.4 Å². The van der Waals surface area contributed by atoms with Crippen molar-refractivity contribution in [2.45, 2.75) is 48.0 Å². The number of nitrogens with one attached hydrogen (secondary N) is 2. The third-order valence-corrected chi connectivity index (χ3v) is 8.91. The lowest BCUT2D eigenvalue weighted by molar-refractivity contribution is -0.154. The van der Waals surface area contributed by atoms with E-state index < -0.39 is 36.4 Å². The highest BCUT2D eigenvalue weighted by Gasteiger charge is 2.29. The smallest absolute Gasteiger partial charge is 0.422 e. The molecule has 0 bridgehead atoms. The fourth-order valence-electron chi connectivity index (χ4n) is 4.41. The Hall–Kier alpha value is -4.64. The van der Waals surface area contributed by atoms with E-state index in [1.54, 1.807) is 19.9 Å². The van der Waals surface area contributed by atoms with Crippen molar-refractivity contribution in [3.63, 3.8) is 0 Å². The van der Waals surface area contributed by atoms with Crippen molar-refractivity contribution in [1.82, 2.24) is 29.9 Å². The second-order valence-corrected chi connectivity index (χ2v) is 12.8. The van der Waals surface area contributed by atoms with Gasteiger partial charge in [0.1, 0.15) is 11.5 Å². The van der Waals surface area contributed by atoms with Gasteiger partial charge in [-0.3, -0.25) is 14.2 Å². The number of fused-ring (bicyclic) bond motifs is 2. The fourth-order valence-corrected chi connectivity index (χ4v) is 6.41. The molecule has 4 aromatic heterocycles. The van der Waals surface area contributed by atoms with Crippen LogP contribution in [-0.2, 0) is 22.3 Å². The summed E-state index contributed by atoms with van der Waals surface area (Å²) in [5.41, 5.74) is 5.36. The number of hydrogen-bond donors (Lipinski definition) is 2. The van der Waals surface area contributed by atoms with Crippen LogP contribution in [0.5, 0.6) is 11.5 Å². The molecule has 17 heteroatoms. The number of para-hydroxylation sites is 4. The number of halogens is 6. The highest BCUT2D eigenvalue weighted by molar-refractivity contribution is 7.98. The minimum absolute atomic E-state index is 0.0227. The number of benzene rings is 2. The van der Waals surface area contributed by atoms with E-state index in [1.807, 2.05) is 42.5 Å². The van der Waals surface area contributed by atoms with E-state index in [4.69, 9.17) is 9.47 Å². The van der Waals surface area contributed by atoms with Crippen molar-refractivity contribution in [1.29, 1.82) is 0 Å². The maximum atomic E-state index is 12.5. The maximum absolute atomic E-state index is 12.5. The minimum atomic E-state index is -4.42. The molecule has 0 spiro atoms. The topological polar surface area (TPSA) is 119 Å². The molecule has 6 aromatic rings. The van der Waals surface area contributed by atoms with Crippen LogP contribution in [-0.4, -0.2) is 59.7 Å². The molecule has 0 saturated heterocycles. The quantitative estimate of drug-likeness (QED) is 0.108. The van der Waals surface area contributed by atoms with E-state index >= 15 is 0 Å². The molecule has 0 aliphatic carbocycles. The fraction of sp³-hybridized carbons (Fsp3) is 0.250. The highest BCUT2D eigenvalue weighted by atomic mass is 32.2. The van der Waals surface area contributed by atoms with Crippen LogP contribution in [0.3, 0.4) is 0 Å². The molecule has 0 saturated carbocycles. The molecule has 1 unspecified atom stereocenters. The van der Waals surface area contributed by atoms with Gasteiger partial charge in [-0.15, -0.1) is 0 Å². The predicted octanol–water partition coefficient (Wildman–Crippen LogP) is 8.01. The number of aromatic amines is 2. The molecule has 2 N–H and O–H groups in total. The summed E-state index contributed by atoms with van der Waals surface area (Å²) in [7, 11) is -1.51. The van der Waals surface area contributed by atoms with E-state index in [0.29, 0.717) is 38.9 Å². The SMILES string of the molecule is Cc1c(OCC(F)(F)F)ccnc1CS(=O)c1nc2ccccc2[nH]1.Cc1c(OCC(F)(F)F)ccnc1CSc1nc2ccccc2[nH]1. The molecule has 4 heterocycles. The summed E-state index contributed by atoms with van der Waals surface area (Å²) in [5, 5.41) is 1.03. The van der Waals surface area contributed by atoms with Crippen LogP contribution in [0.2, 0.25) is 0 Å². The highest BCUT2D eigenvalue weighted by Crippen LogP contribution is 2.28. The van der Waals surface area contributed by atoms with Crippen LogP contribution in [0.1, 0.15) is 22.5 Å². The lowest BCUT2D eigenvalue weighted by Gasteiger charge is -2.13. The second-order valence-electron chi connectivity index (χ2n) is 10.5. The first kappa shape index (κ1) is 35.7.